The van der Waals surface area contributed by atoms with Crippen molar-refractivity contribution >= 4 is 23.5 Å². The van der Waals surface area contributed by atoms with Crippen LogP contribution < -0.4 is 10.1 Å². The standard InChI is InChI=1S/C17H18ClNO5/c1-3-23-16-11(5-4-6-14(16)18)7-15(20)19-9-12-8-13(17(21)22)10(2)24-12/h4-6,8H,3,7,9H2,1-2H3,(H,19,20)(H,21,22). The van der Waals surface area contributed by atoms with Crippen molar-refractivity contribution in [1.82, 2.24) is 5.32 Å². The molecule has 128 valence electrons. The van der Waals surface area contributed by atoms with Crippen molar-refractivity contribution in [3.05, 3.63) is 51.9 Å². The van der Waals surface area contributed by atoms with Crippen LogP contribution in [0, 0.1) is 6.92 Å². The van der Waals surface area contributed by atoms with Crippen LogP contribution in [0.5, 0.6) is 5.75 Å². The van der Waals surface area contributed by atoms with E-state index in [1.165, 1.54) is 6.07 Å². The van der Waals surface area contributed by atoms with Crippen LogP contribution in [0.2, 0.25) is 5.02 Å². The number of rotatable bonds is 7. The van der Waals surface area contributed by atoms with Crippen molar-refractivity contribution in [3.8, 4) is 5.75 Å². The SMILES string of the molecule is CCOc1c(Cl)cccc1CC(=O)NCc1cc(C(=O)O)c(C)o1. The quantitative estimate of drug-likeness (QED) is 0.799. The summed E-state index contributed by atoms with van der Waals surface area (Å²) in [6, 6.07) is 6.63. The topological polar surface area (TPSA) is 88.8 Å². The second-order valence-corrected chi connectivity index (χ2v) is 5.51. The number of carboxylic acids is 1. The van der Waals surface area contributed by atoms with E-state index in [9.17, 15) is 9.59 Å². The smallest absolute Gasteiger partial charge is 0.339 e. The summed E-state index contributed by atoms with van der Waals surface area (Å²) in [5.74, 6) is -0.119. The Morgan fingerprint density at radius 1 is 1.38 bits per heavy atom. The lowest BCUT2D eigenvalue weighted by atomic mass is 10.1. The Morgan fingerprint density at radius 3 is 2.75 bits per heavy atom. The number of carbonyl (C=O) groups excluding carboxylic acids is 1. The van der Waals surface area contributed by atoms with E-state index in [1.807, 2.05) is 6.92 Å². The van der Waals surface area contributed by atoms with E-state index < -0.39 is 5.97 Å². The van der Waals surface area contributed by atoms with Crippen LogP contribution in [0.4, 0.5) is 0 Å². The molecule has 1 amide bonds. The van der Waals surface area contributed by atoms with E-state index in [1.54, 1.807) is 25.1 Å². The number of benzene rings is 1. The first-order chi connectivity index (χ1) is 11.4. The fourth-order valence-corrected chi connectivity index (χ4v) is 2.51. The van der Waals surface area contributed by atoms with E-state index in [2.05, 4.69) is 5.32 Å². The second kappa shape index (κ2) is 7.88. The van der Waals surface area contributed by atoms with Crippen LogP contribution in [-0.2, 0) is 17.8 Å². The molecule has 0 atom stereocenters. The van der Waals surface area contributed by atoms with E-state index in [4.69, 9.17) is 25.9 Å². The number of aryl methyl sites for hydroxylation is 1. The number of para-hydroxylation sites is 1. The Hall–Kier alpha value is -2.47. The van der Waals surface area contributed by atoms with Crippen molar-refractivity contribution in [2.24, 2.45) is 0 Å². The highest BCUT2D eigenvalue weighted by atomic mass is 35.5. The number of amides is 1. The summed E-state index contributed by atoms with van der Waals surface area (Å²) >= 11 is 6.09. The summed E-state index contributed by atoms with van der Waals surface area (Å²) in [6.45, 7) is 3.96. The minimum absolute atomic E-state index is 0.0905. The third-order valence-corrected chi connectivity index (χ3v) is 3.64. The van der Waals surface area contributed by atoms with Gasteiger partial charge in [-0.25, -0.2) is 4.79 Å². The number of hydrogen-bond acceptors (Lipinski definition) is 4. The molecule has 2 aromatic rings. The van der Waals surface area contributed by atoms with Crippen molar-refractivity contribution in [1.29, 1.82) is 0 Å². The maximum atomic E-state index is 12.1. The molecule has 0 aliphatic rings. The van der Waals surface area contributed by atoms with Gasteiger partial charge in [-0.2, -0.15) is 0 Å². The zero-order valence-corrected chi connectivity index (χ0v) is 14.1. The maximum Gasteiger partial charge on any atom is 0.339 e. The van der Waals surface area contributed by atoms with Crippen LogP contribution >= 0.6 is 11.6 Å². The van der Waals surface area contributed by atoms with Gasteiger partial charge < -0.3 is 19.6 Å². The summed E-state index contributed by atoms with van der Waals surface area (Å²) in [6.07, 6.45) is 0.0986. The van der Waals surface area contributed by atoms with Gasteiger partial charge in [0, 0.05) is 5.56 Å². The summed E-state index contributed by atoms with van der Waals surface area (Å²) < 4.78 is 10.8. The minimum atomic E-state index is -1.06. The van der Waals surface area contributed by atoms with Crippen LogP contribution in [0.15, 0.2) is 28.7 Å². The van der Waals surface area contributed by atoms with Gasteiger partial charge in [-0.3, -0.25) is 4.79 Å². The average Bonchev–Trinajstić information content (AvgIpc) is 2.90. The monoisotopic (exact) mass is 351 g/mol. The van der Waals surface area contributed by atoms with E-state index >= 15 is 0 Å². The average molecular weight is 352 g/mol. The minimum Gasteiger partial charge on any atom is -0.492 e. The van der Waals surface area contributed by atoms with Crippen LogP contribution in [0.3, 0.4) is 0 Å². The zero-order valence-electron chi connectivity index (χ0n) is 13.4. The first-order valence-electron chi connectivity index (χ1n) is 7.41. The molecule has 7 heteroatoms. The number of halogens is 1. The first kappa shape index (κ1) is 17.9. The predicted octanol–water partition coefficient (Wildman–Crippen LogP) is 3.20. The molecule has 0 bridgehead atoms. The van der Waals surface area contributed by atoms with Gasteiger partial charge in [0.1, 0.15) is 22.8 Å². The van der Waals surface area contributed by atoms with Gasteiger partial charge in [0.25, 0.3) is 0 Å². The zero-order chi connectivity index (χ0) is 17.7. The van der Waals surface area contributed by atoms with Crippen molar-refractivity contribution in [2.75, 3.05) is 6.61 Å². The number of furan rings is 1. The summed E-state index contributed by atoms with van der Waals surface area (Å²) in [4.78, 5) is 23.1. The Kier molecular flexibility index (Phi) is 5.87. The molecule has 0 saturated heterocycles. The van der Waals surface area contributed by atoms with E-state index in [0.29, 0.717) is 34.5 Å². The Balaban J connectivity index is 2.00. The van der Waals surface area contributed by atoms with Gasteiger partial charge in [-0.15, -0.1) is 0 Å². The van der Waals surface area contributed by atoms with Crippen LogP contribution in [0.25, 0.3) is 0 Å². The fourth-order valence-electron chi connectivity index (χ4n) is 2.26. The molecule has 6 nitrogen and oxygen atoms in total. The highest BCUT2D eigenvalue weighted by molar-refractivity contribution is 6.32. The highest BCUT2D eigenvalue weighted by Gasteiger charge is 2.15. The molecular weight excluding hydrogens is 334 g/mol. The molecule has 0 radical (unpaired) electrons. The molecule has 0 aliphatic carbocycles. The highest BCUT2D eigenvalue weighted by Crippen LogP contribution is 2.29. The summed E-state index contributed by atoms with van der Waals surface area (Å²) in [5.41, 5.74) is 0.774. The molecule has 2 rings (SSSR count). The first-order valence-corrected chi connectivity index (χ1v) is 7.79. The largest absolute Gasteiger partial charge is 0.492 e. The Morgan fingerprint density at radius 2 is 2.12 bits per heavy atom. The van der Waals surface area contributed by atoms with Crippen molar-refractivity contribution < 1.29 is 23.8 Å². The van der Waals surface area contributed by atoms with E-state index in [-0.39, 0.29) is 24.4 Å². The van der Waals surface area contributed by atoms with Gasteiger partial charge >= 0.3 is 5.97 Å². The molecule has 1 heterocycles. The number of ether oxygens (including phenoxy) is 1. The normalized spacial score (nSPS) is 10.5. The van der Waals surface area contributed by atoms with Crippen LogP contribution in [0.1, 0.15) is 34.4 Å². The third kappa shape index (κ3) is 4.29. The predicted molar refractivity (Wildman–Crippen MR) is 88.6 cm³/mol. The van der Waals surface area contributed by atoms with Gasteiger partial charge in [0.15, 0.2) is 0 Å². The maximum absolute atomic E-state index is 12.1. The number of hydrogen-bond donors (Lipinski definition) is 2. The van der Waals surface area contributed by atoms with Gasteiger partial charge in [-0.1, -0.05) is 23.7 Å². The third-order valence-electron chi connectivity index (χ3n) is 3.35. The molecule has 0 unspecified atom stereocenters. The van der Waals surface area contributed by atoms with Gasteiger partial charge in [0.05, 0.1) is 24.6 Å². The second-order valence-electron chi connectivity index (χ2n) is 5.10. The fraction of sp³-hybridized carbons (Fsp3) is 0.294. The molecule has 0 fully saturated rings. The molecule has 0 spiro atoms. The molecule has 0 saturated carbocycles. The van der Waals surface area contributed by atoms with E-state index in [0.717, 1.165) is 0 Å². The van der Waals surface area contributed by atoms with Gasteiger partial charge in [0.2, 0.25) is 5.91 Å². The Bertz CT molecular complexity index is 753. The van der Waals surface area contributed by atoms with Crippen molar-refractivity contribution in [2.45, 2.75) is 26.8 Å². The van der Waals surface area contributed by atoms with Crippen LogP contribution in [-0.4, -0.2) is 23.6 Å². The summed E-state index contributed by atoms with van der Waals surface area (Å²) in [7, 11) is 0. The number of aromatic carboxylic acids is 1. The molecule has 1 aromatic carbocycles. The summed E-state index contributed by atoms with van der Waals surface area (Å²) in [5, 5.41) is 12.1. The molecular formula is C17H18ClNO5. The van der Waals surface area contributed by atoms with Gasteiger partial charge in [-0.05, 0) is 26.0 Å². The number of nitrogens with one attached hydrogen (secondary N) is 1. The molecule has 2 N–H and O–H groups in total. The molecule has 1 aromatic heterocycles. The molecule has 24 heavy (non-hydrogen) atoms. The molecule has 0 aliphatic heterocycles. The lowest BCUT2D eigenvalue weighted by Crippen LogP contribution is -2.24. The number of carbonyl (C=O) groups is 2. The lowest BCUT2D eigenvalue weighted by Gasteiger charge is -2.11. The lowest BCUT2D eigenvalue weighted by molar-refractivity contribution is -0.120. The number of carboxylic acid groups (broad SMARTS) is 1. The van der Waals surface area contributed by atoms with Crippen molar-refractivity contribution in [3.63, 3.8) is 0 Å². The Labute approximate surface area is 144 Å².